The highest BCUT2D eigenvalue weighted by Crippen LogP contribution is 2.38. The van der Waals surface area contributed by atoms with E-state index >= 15 is 0 Å². The minimum absolute atomic E-state index is 0.0618. The number of pyridine rings is 1. The van der Waals surface area contributed by atoms with Gasteiger partial charge in [0, 0.05) is 6.42 Å². The molecule has 0 unspecified atom stereocenters. The zero-order valence-corrected chi connectivity index (χ0v) is 13.0. The van der Waals surface area contributed by atoms with E-state index in [1.54, 1.807) is 0 Å². The van der Waals surface area contributed by atoms with Crippen LogP contribution in [0.5, 0.6) is 0 Å². The van der Waals surface area contributed by atoms with Gasteiger partial charge in [-0.25, -0.2) is 4.57 Å². The molecular weight excluding hydrogens is 308 g/mol. The lowest BCUT2D eigenvalue weighted by molar-refractivity contribution is -0.685. The fraction of sp³-hybridized carbons (Fsp3) is 0.500. The van der Waals surface area contributed by atoms with Crippen molar-refractivity contribution in [2.24, 2.45) is 4.99 Å². The molecule has 0 spiro atoms. The lowest BCUT2D eigenvalue weighted by Crippen LogP contribution is -2.35. The van der Waals surface area contributed by atoms with Crippen LogP contribution in [-0.4, -0.2) is 16.8 Å². The maximum Gasteiger partial charge on any atom is 0.327 e. The summed E-state index contributed by atoms with van der Waals surface area (Å²) in [5, 5.41) is 8.72. The number of aryl methyl sites for hydroxylation is 1. The molecule has 1 aliphatic rings. The van der Waals surface area contributed by atoms with Gasteiger partial charge in [0.1, 0.15) is 11.9 Å². The number of carboxylic acids is 1. The quantitative estimate of drug-likeness (QED) is 0.865. The number of aromatic nitrogens is 1. The molecule has 102 valence electrons. The van der Waals surface area contributed by atoms with E-state index in [1.165, 1.54) is 5.56 Å². The van der Waals surface area contributed by atoms with Crippen LogP contribution in [0.3, 0.4) is 0 Å². The molecule has 4 nitrogen and oxygen atoms in total. The minimum Gasteiger partial charge on any atom is -0.481 e. The van der Waals surface area contributed by atoms with Gasteiger partial charge in [0.15, 0.2) is 0 Å². The van der Waals surface area contributed by atoms with Crippen LogP contribution in [0.2, 0.25) is 0 Å². The zero-order valence-electron chi connectivity index (χ0n) is 11.4. The average Bonchev–Trinajstić information content (AvgIpc) is 2.51. The van der Waals surface area contributed by atoms with Crippen molar-refractivity contribution in [2.45, 2.75) is 45.6 Å². The predicted octanol–water partition coefficient (Wildman–Crippen LogP) is 2.99. The fourth-order valence-corrected chi connectivity index (χ4v) is 2.73. The van der Waals surface area contributed by atoms with Crippen LogP contribution in [0.15, 0.2) is 21.7 Å². The van der Waals surface area contributed by atoms with E-state index in [9.17, 15) is 4.79 Å². The second-order valence-corrected chi connectivity index (χ2v) is 6.32. The van der Waals surface area contributed by atoms with Crippen molar-refractivity contribution in [1.29, 1.82) is 0 Å². The molecule has 0 atom stereocenters. The molecule has 2 rings (SSSR count). The van der Waals surface area contributed by atoms with Crippen molar-refractivity contribution in [3.8, 4) is 0 Å². The van der Waals surface area contributed by atoms with Gasteiger partial charge in [0.2, 0.25) is 0 Å². The normalized spacial score (nSPS) is 16.1. The molecule has 1 aliphatic heterocycles. The Balaban J connectivity index is 2.34. The average molecular weight is 326 g/mol. The van der Waals surface area contributed by atoms with Gasteiger partial charge < -0.3 is 5.11 Å². The van der Waals surface area contributed by atoms with Gasteiger partial charge in [-0.15, -0.1) is 0 Å². The van der Waals surface area contributed by atoms with Crippen LogP contribution in [0.25, 0.3) is 0 Å². The number of hydrogen-bond donors (Lipinski definition) is 1. The Morgan fingerprint density at radius 2 is 2.21 bits per heavy atom. The Bertz CT molecular complexity index is 565. The van der Waals surface area contributed by atoms with Crippen molar-refractivity contribution in [2.75, 3.05) is 0 Å². The van der Waals surface area contributed by atoms with E-state index < -0.39 is 5.97 Å². The van der Waals surface area contributed by atoms with Crippen LogP contribution in [-0.2, 0) is 16.8 Å². The van der Waals surface area contributed by atoms with Crippen LogP contribution in [0.1, 0.15) is 39.2 Å². The highest BCUT2D eigenvalue weighted by Gasteiger charge is 2.41. The van der Waals surface area contributed by atoms with Crippen LogP contribution >= 0.6 is 15.9 Å². The predicted molar refractivity (Wildman–Crippen MR) is 77.0 cm³/mol. The first-order chi connectivity index (χ1) is 8.82. The van der Waals surface area contributed by atoms with Crippen molar-refractivity contribution in [3.63, 3.8) is 0 Å². The monoisotopic (exact) mass is 325 g/mol. The summed E-state index contributed by atoms with van der Waals surface area (Å²) in [6.07, 6.45) is 2.76. The molecule has 2 heterocycles. The van der Waals surface area contributed by atoms with Crippen LogP contribution < -0.4 is 4.57 Å². The summed E-state index contributed by atoms with van der Waals surface area (Å²) in [5.74, 6) is 0.198. The lowest BCUT2D eigenvalue weighted by atomic mass is 9.83. The number of rotatable bonds is 4. The van der Waals surface area contributed by atoms with E-state index in [0.29, 0.717) is 13.0 Å². The van der Waals surface area contributed by atoms with Crippen LogP contribution in [0.4, 0.5) is 5.82 Å². The van der Waals surface area contributed by atoms with Crippen molar-refractivity contribution in [3.05, 3.63) is 22.3 Å². The molecule has 0 amide bonds. The topological polar surface area (TPSA) is 53.5 Å². The van der Waals surface area contributed by atoms with E-state index in [2.05, 4.69) is 40.8 Å². The molecular formula is C14H18BrN2O2+. The third-order valence-corrected chi connectivity index (χ3v) is 4.15. The Labute approximate surface area is 121 Å². The van der Waals surface area contributed by atoms with Gasteiger partial charge in [0.25, 0.3) is 0 Å². The summed E-state index contributed by atoms with van der Waals surface area (Å²) >= 11 is 3.52. The first kappa shape index (κ1) is 14.2. The molecule has 0 aliphatic carbocycles. The fourth-order valence-electron chi connectivity index (χ4n) is 2.25. The van der Waals surface area contributed by atoms with E-state index in [0.717, 1.165) is 16.0 Å². The third-order valence-electron chi connectivity index (χ3n) is 3.72. The number of hydrogen-bond acceptors (Lipinski definition) is 2. The number of fused-ring (bicyclic) bond motifs is 1. The summed E-state index contributed by atoms with van der Waals surface area (Å²) in [6, 6.07) is 2.10. The van der Waals surface area contributed by atoms with Gasteiger partial charge in [-0.1, -0.05) is 0 Å². The summed E-state index contributed by atoms with van der Waals surface area (Å²) < 4.78 is 3.04. The maximum atomic E-state index is 10.6. The lowest BCUT2D eigenvalue weighted by Gasteiger charge is -2.16. The SMILES string of the molecule is CC1=Nc2c(cc(Br)c[n+]2CCCC(=O)O)C1(C)C. The summed E-state index contributed by atoms with van der Waals surface area (Å²) in [4.78, 5) is 15.3. The Kier molecular flexibility index (Phi) is 3.76. The Morgan fingerprint density at radius 3 is 2.84 bits per heavy atom. The Morgan fingerprint density at radius 1 is 1.53 bits per heavy atom. The molecule has 5 heteroatoms. The smallest absolute Gasteiger partial charge is 0.327 e. The van der Waals surface area contributed by atoms with Gasteiger partial charge in [-0.2, -0.15) is 0 Å². The number of carboxylic acid groups (broad SMARTS) is 1. The second-order valence-electron chi connectivity index (χ2n) is 5.41. The van der Waals surface area contributed by atoms with Crippen molar-refractivity contribution < 1.29 is 14.5 Å². The molecule has 0 bridgehead atoms. The number of nitrogens with zero attached hydrogens (tertiary/aromatic N) is 2. The second kappa shape index (κ2) is 5.04. The number of aliphatic imine (C=N–C) groups is 1. The zero-order chi connectivity index (χ0) is 14.2. The molecule has 1 aromatic heterocycles. The molecule has 19 heavy (non-hydrogen) atoms. The standard InChI is InChI=1S/C14H17BrN2O2/c1-9-14(2,3)11-7-10(15)8-17(13(11)16-9)6-4-5-12(18)19/h7-8H,4-6H2,1-3H3/p+1. The highest BCUT2D eigenvalue weighted by atomic mass is 79.9. The number of aliphatic carboxylic acids is 1. The largest absolute Gasteiger partial charge is 0.481 e. The molecule has 0 saturated carbocycles. The first-order valence-electron chi connectivity index (χ1n) is 6.33. The minimum atomic E-state index is -0.757. The molecule has 1 N–H and O–H groups in total. The van der Waals surface area contributed by atoms with Gasteiger partial charge in [-0.3, -0.25) is 4.79 Å². The maximum absolute atomic E-state index is 10.6. The Hall–Kier alpha value is -1.23. The molecule has 0 radical (unpaired) electrons. The summed E-state index contributed by atoms with van der Waals surface area (Å²) in [6.45, 7) is 7.02. The van der Waals surface area contributed by atoms with E-state index in [4.69, 9.17) is 5.11 Å². The van der Waals surface area contributed by atoms with Gasteiger partial charge in [0.05, 0.1) is 22.0 Å². The van der Waals surface area contributed by atoms with Crippen molar-refractivity contribution in [1.82, 2.24) is 0 Å². The molecule has 0 fully saturated rings. The van der Waals surface area contributed by atoms with Crippen molar-refractivity contribution >= 4 is 33.4 Å². The summed E-state index contributed by atoms with van der Waals surface area (Å²) in [7, 11) is 0. The molecule has 0 saturated heterocycles. The van der Waals surface area contributed by atoms with Gasteiger partial charge in [-0.05, 0) is 54.2 Å². The number of carbonyl (C=O) groups is 1. The van der Waals surface area contributed by atoms with E-state index in [1.807, 2.05) is 17.7 Å². The third kappa shape index (κ3) is 2.71. The molecule has 0 aromatic carbocycles. The van der Waals surface area contributed by atoms with E-state index in [-0.39, 0.29) is 11.8 Å². The molecule has 1 aromatic rings. The van der Waals surface area contributed by atoms with Gasteiger partial charge >= 0.3 is 11.8 Å². The highest BCUT2D eigenvalue weighted by molar-refractivity contribution is 9.10. The summed E-state index contributed by atoms with van der Waals surface area (Å²) in [5.41, 5.74) is 2.22. The first-order valence-corrected chi connectivity index (χ1v) is 7.12. The van der Waals surface area contributed by atoms with Crippen LogP contribution in [0, 0.1) is 0 Å². The number of halogens is 1.